The molecule has 17 heavy (non-hydrogen) atoms. The average Bonchev–Trinajstić information content (AvgIpc) is 2.28. The zero-order chi connectivity index (χ0) is 12.4. The van der Waals surface area contributed by atoms with Crippen LogP contribution in [-0.4, -0.2) is 10.1 Å². The van der Waals surface area contributed by atoms with E-state index in [9.17, 15) is 9.90 Å². The molecule has 2 rings (SSSR count). The summed E-state index contributed by atoms with van der Waals surface area (Å²) in [7, 11) is 0. The van der Waals surface area contributed by atoms with Gasteiger partial charge in [-0.05, 0) is 19.1 Å². The third-order valence-corrected chi connectivity index (χ3v) is 2.73. The van der Waals surface area contributed by atoms with Gasteiger partial charge in [0.25, 0.3) is 5.56 Å². The highest BCUT2D eigenvalue weighted by Gasteiger charge is 2.09. The Morgan fingerprint density at radius 2 is 2.18 bits per heavy atom. The highest BCUT2D eigenvalue weighted by molar-refractivity contribution is 6.29. The monoisotopic (exact) mass is 249 g/mol. The minimum absolute atomic E-state index is 0.0264. The first-order chi connectivity index (χ1) is 8.09. The standard InChI is InChI=1S/C13H12ClNO2/c1-8(14)6-7-10-12(16)9-4-2-3-5-11(9)15-13(10)17/h2-6H,7H2,1H3,(H2,15,16,17). The largest absolute Gasteiger partial charge is 0.507 e. The average molecular weight is 250 g/mol. The van der Waals surface area contributed by atoms with Crippen molar-refractivity contribution in [2.24, 2.45) is 0 Å². The summed E-state index contributed by atoms with van der Waals surface area (Å²) in [5.74, 6) is 0.0264. The fraction of sp³-hybridized carbons (Fsp3) is 0.154. The minimum Gasteiger partial charge on any atom is -0.507 e. The number of benzene rings is 1. The number of aromatic amines is 1. The van der Waals surface area contributed by atoms with Gasteiger partial charge in [-0.1, -0.05) is 29.8 Å². The molecule has 0 radical (unpaired) electrons. The van der Waals surface area contributed by atoms with Gasteiger partial charge in [0.05, 0.1) is 11.1 Å². The van der Waals surface area contributed by atoms with Gasteiger partial charge >= 0.3 is 0 Å². The van der Waals surface area contributed by atoms with Crippen molar-refractivity contribution >= 4 is 22.5 Å². The molecule has 0 aliphatic rings. The topological polar surface area (TPSA) is 53.1 Å². The van der Waals surface area contributed by atoms with Gasteiger partial charge in [0.2, 0.25) is 0 Å². The van der Waals surface area contributed by atoms with Gasteiger partial charge in [-0.2, -0.15) is 0 Å². The highest BCUT2D eigenvalue weighted by Crippen LogP contribution is 2.25. The van der Waals surface area contributed by atoms with E-state index in [1.807, 2.05) is 6.07 Å². The Bertz CT molecular complexity index is 639. The SMILES string of the molecule is CC(Cl)=CCc1c(O)c2ccccc2[nH]c1=O. The minimum atomic E-state index is -0.282. The molecule has 0 saturated heterocycles. The molecule has 0 saturated carbocycles. The van der Waals surface area contributed by atoms with Crippen LogP contribution in [0.2, 0.25) is 0 Å². The molecule has 1 heterocycles. The number of H-pyrrole nitrogens is 1. The Morgan fingerprint density at radius 3 is 2.88 bits per heavy atom. The van der Waals surface area contributed by atoms with Crippen molar-refractivity contribution < 1.29 is 5.11 Å². The van der Waals surface area contributed by atoms with Crippen LogP contribution in [0.25, 0.3) is 10.9 Å². The third-order valence-electron chi connectivity index (χ3n) is 2.58. The molecular formula is C13H12ClNO2. The smallest absolute Gasteiger partial charge is 0.255 e. The van der Waals surface area contributed by atoms with Gasteiger partial charge in [0.15, 0.2) is 0 Å². The number of hydrogen-bond donors (Lipinski definition) is 2. The molecule has 0 spiro atoms. The number of allylic oxidation sites excluding steroid dienone is 2. The van der Waals surface area contributed by atoms with E-state index in [1.165, 1.54) is 0 Å². The molecule has 2 N–H and O–H groups in total. The summed E-state index contributed by atoms with van der Waals surface area (Å²) >= 11 is 5.72. The van der Waals surface area contributed by atoms with Crippen LogP contribution in [0.3, 0.4) is 0 Å². The second-order valence-corrected chi connectivity index (χ2v) is 4.42. The molecular weight excluding hydrogens is 238 g/mol. The van der Waals surface area contributed by atoms with Crippen LogP contribution in [0.5, 0.6) is 5.75 Å². The number of pyridine rings is 1. The summed E-state index contributed by atoms with van der Waals surface area (Å²) in [6, 6.07) is 7.14. The molecule has 0 amide bonds. The van der Waals surface area contributed by atoms with Crippen LogP contribution < -0.4 is 5.56 Å². The van der Waals surface area contributed by atoms with E-state index < -0.39 is 0 Å². The van der Waals surface area contributed by atoms with Crippen LogP contribution in [0.15, 0.2) is 40.2 Å². The van der Waals surface area contributed by atoms with Gasteiger partial charge in [0, 0.05) is 16.8 Å². The molecule has 4 heteroatoms. The van der Waals surface area contributed by atoms with Crippen molar-refractivity contribution in [2.45, 2.75) is 13.3 Å². The van der Waals surface area contributed by atoms with Crippen molar-refractivity contribution in [2.75, 3.05) is 0 Å². The molecule has 0 bridgehead atoms. The Labute approximate surface area is 103 Å². The van der Waals surface area contributed by atoms with Crippen molar-refractivity contribution in [3.8, 4) is 5.75 Å². The maximum Gasteiger partial charge on any atom is 0.255 e. The normalized spacial score (nSPS) is 12.0. The lowest BCUT2D eigenvalue weighted by molar-refractivity contribution is 0.474. The van der Waals surface area contributed by atoms with Crippen LogP contribution in [0, 0.1) is 0 Å². The molecule has 1 aromatic heterocycles. The van der Waals surface area contributed by atoms with E-state index in [4.69, 9.17) is 11.6 Å². The van der Waals surface area contributed by atoms with Crippen molar-refractivity contribution in [1.82, 2.24) is 4.98 Å². The number of rotatable bonds is 2. The van der Waals surface area contributed by atoms with Gasteiger partial charge < -0.3 is 10.1 Å². The molecule has 0 atom stereocenters. The van der Waals surface area contributed by atoms with Gasteiger partial charge in [0.1, 0.15) is 5.75 Å². The summed E-state index contributed by atoms with van der Waals surface area (Å²) in [4.78, 5) is 14.5. The van der Waals surface area contributed by atoms with Gasteiger partial charge in [-0.25, -0.2) is 0 Å². The Hall–Kier alpha value is -1.74. The lowest BCUT2D eigenvalue weighted by atomic mass is 10.1. The van der Waals surface area contributed by atoms with E-state index in [0.717, 1.165) is 0 Å². The number of para-hydroxylation sites is 1. The van der Waals surface area contributed by atoms with E-state index in [-0.39, 0.29) is 11.3 Å². The molecule has 2 aromatic rings. The second-order valence-electron chi connectivity index (χ2n) is 3.82. The fourth-order valence-electron chi connectivity index (χ4n) is 1.70. The molecule has 0 fully saturated rings. The Balaban J connectivity index is 2.64. The number of halogens is 1. The predicted molar refractivity (Wildman–Crippen MR) is 69.5 cm³/mol. The number of aromatic nitrogens is 1. The van der Waals surface area contributed by atoms with Gasteiger partial charge in [-0.15, -0.1) is 0 Å². The van der Waals surface area contributed by atoms with E-state index >= 15 is 0 Å². The fourth-order valence-corrected chi connectivity index (χ4v) is 1.78. The molecule has 88 valence electrons. The quantitative estimate of drug-likeness (QED) is 0.860. The molecule has 0 aliphatic heterocycles. The van der Waals surface area contributed by atoms with Crippen LogP contribution in [-0.2, 0) is 6.42 Å². The van der Waals surface area contributed by atoms with Gasteiger partial charge in [-0.3, -0.25) is 4.79 Å². The summed E-state index contributed by atoms with van der Waals surface area (Å²) < 4.78 is 0. The predicted octanol–water partition coefficient (Wildman–Crippen LogP) is 2.92. The zero-order valence-electron chi connectivity index (χ0n) is 9.33. The second kappa shape index (κ2) is 4.63. The summed E-state index contributed by atoms with van der Waals surface area (Å²) in [6.45, 7) is 1.73. The van der Waals surface area contributed by atoms with E-state index in [0.29, 0.717) is 27.9 Å². The van der Waals surface area contributed by atoms with Crippen molar-refractivity contribution in [3.63, 3.8) is 0 Å². The van der Waals surface area contributed by atoms with E-state index in [2.05, 4.69) is 4.98 Å². The number of hydrogen-bond acceptors (Lipinski definition) is 2. The lowest BCUT2D eigenvalue weighted by Gasteiger charge is -2.05. The first-order valence-corrected chi connectivity index (χ1v) is 5.62. The maximum atomic E-state index is 11.8. The van der Waals surface area contributed by atoms with Crippen LogP contribution in [0.1, 0.15) is 12.5 Å². The number of nitrogens with one attached hydrogen (secondary N) is 1. The first-order valence-electron chi connectivity index (χ1n) is 5.24. The van der Waals surface area contributed by atoms with E-state index in [1.54, 1.807) is 31.2 Å². The maximum absolute atomic E-state index is 11.8. The molecule has 0 aliphatic carbocycles. The number of aromatic hydroxyl groups is 1. The van der Waals surface area contributed by atoms with Crippen LogP contribution >= 0.6 is 11.6 Å². The number of fused-ring (bicyclic) bond motifs is 1. The summed E-state index contributed by atoms with van der Waals surface area (Å²) in [6.07, 6.45) is 2.02. The summed E-state index contributed by atoms with van der Waals surface area (Å²) in [5, 5.41) is 11.3. The molecule has 0 unspecified atom stereocenters. The van der Waals surface area contributed by atoms with Crippen molar-refractivity contribution in [1.29, 1.82) is 0 Å². The molecule has 1 aromatic carbocycles. The lowest BCUT2D eigenvalue weighted by Crippen LogP contribution is -2.12. The summed E-state index contributed by atoms with van der Waals surface area (Å²) in [5.41, 5.74) is 0.685. The highest BCUT2D eigenvalue weighted by atomic mass is 35.5. The van der Waals surface area contributed by atoms with Crippen LogP contribution in [0.4, 0.5) is 0 Å². The van der Waals surface area contributed by atoms with Crippen molar-refractivity contribution in [3.05, 3.63) is 51.3 Å². The first kappa shape index (κ1) is 11.7. The Morgan fingerprint density at radius 1 is 1.47 bits per heavy atom. The molecule has 3 nitrogen and oxygen atoms in total. The zero-order valence-corrected chi connectivity index (χ0v) is 10.1. The third kappa shape index (κ3) is 2.34. The Kier molecular flexibility index (Phi) is 3.20.